The van der Waals surface area contributed by atoms with Crippen molar-refractivity contribution >= 4 is 57.2 Å². The van der Waals surface area contributed by atoms with E-state index in [1.807, 2.05) is 18.2 Å². The molecule has 7 rings (SSSR count). The molecule has 0 saturated carbocycles. The number of nitrogen functional groups attached to an aromatic ring is 1. The van der Waals surface area contributed by atoms with Gasteiger partial charge in [0.25, 0.3) is 5.56 Å². The smallest absolute Gasteiger partial charge is 0.418 e. The van der Waals surface area contributed by atoms with Crippen molar-refractivity contribution in [3.8, 4) is 11.1 Å². The van der Waals surface area contributed by atoms with Crippen LogP contribution in [0, 0.1) is 5.92 Å². The first-order valence-corrected chi connectivity index (χ1v) is 22.1. The number of hydrogen-bond acceptors (Lipinski definition) is 11. The van der Waals surface area contributed by atoms with Crippen molar-refractivity contribution in [3.63, 3.8) is 0 Å². The molecule has 20 heteroatoms. The third kappa shape index (κ3) is 11.0. The lowest BCUT2D eigenvalue weighted by Crippen LogP contribution is -2.51. The molecule has 4 heterocycles. The first kappa shape index (κ1) is 48.5. The summed E-state index contributed by atoms with van der Waals surface area (Å²) in [5.41, 5.74) is 17.6. The zero-order valence-corrected chi connectivity index (χ0v) is 37.8. The number of aromatic nitrogens is 3. The second-order valence-corrected chi connectivity index (χ2v) is 17.5. The van der Waals surface area contributed by atoms with E-state index in [2.05, 4.69) is 25.9 Å². The van der Waals surface area contributed by atoms with Gasteiger partial charge in [-0.3, -0.25) is 23.9 Å². The molecule has 9 N–H and O–H groups in total. The number of benzene rings is 2. The fraction of sp³-hybridized carbons (Fsp3) is 0.354. The van der Waals surface area contributed by atoms with Gasteiger partial charge in [-0.2, -0.15) is 13.2 Å². The minimum Gasteiger partial charge on any atom is -0.445 e. The van der Waals surface area contributed by atoms with Crippen LogP contribution in [0.1, 0.15) is 45.6 Å². The number of nitrogens with two attached hydrogens (primary N) is 3. The highest BCUT2D eigenvalue weighted by molar-refractivity contribution is 6.05. The fourth-order valence-electron chi connectivity index (χ4n) is 8.35. The van der Waals surface area contributed by atoms with Gasteiger partial charge in [0.1, 0.15) is 18.5 Å². The maximum absolute atomic E-state index is 15.1. The Kier molecular flexibility index (Phi) is 14.4. The molecule has 5 amide bonds. The minimum absolute atomic E-state index is 0.0268. The molecule has 0 bridgehead atoms. The Hall–Kier alpha value is -7.48. The minimum atomic E-state index is -4.78. The van der Waals surface area contributed by atoms with Gasteiger partial charge in [0.2, 0.25) is 11.8 Å². The highest BCUT2D eigenvalue weighted by atomic mass is 19.4. The van der Waals surface area contributed by atoms with Crippen LogP contribution in [-0.4, -0.2) is 99.3 Å². The van der Waals surface area contributed by atoms with E-state index in [9.17, 15) is 24.0 Å². The zero-order valence-electron chi connectivity index (χ0n) is 37.8. The Balaban J connectivity index is 0.994. The molecule has 2 aromatic carbocycles. The number of fused-ring (bicyclic) bond motifs is 3. The number of nitrogens with one attached hydrogen (secondary N) is 3. The molecule has 1 fully saturated rings. The monoisotopic (exact) mass is 937 g/mol. The molecule has 358 valence electrons. The number of ether oxygens (including phenoxy) is 1. The summed E-state index contributed by atoms with van der Waals surface area (Å²) in [6, 6.07) is 15.9. The summed E-state index contributed by atoms with van der Waals surface area (Å²) in [7, 11) is 0. The number of hydrogen-bond donors (Lipinski definition) is 6. The molecular formula is C48H54F3N11O6. The molecule has 17 nitrogen and oxygen atoms in total. The molecule has 68 heavy (non-hydrogen) atoms. The first-order valence-electron chi connectivity index (χ1n) is 22.1. The van der Waals surface area contributed by atoms with Gasteiger partial charge < -0.3 is 47.7 Å². The number of alkyl halides is 3. The highest BCUT2D eigenvalue weighted by Crippen LogP contribution is 2.43. The normalized spacial score (nSPS) is 17.3. The molecule has 5 aromatic rings. The van der Waals surface area contributed by atoms with Crippen LogP contribution in [0.4, 0.5) is 34.3 Å². The van der Waals surface area contributed by atoms with Crippen LogP contribution >= 0.6 is 0 Å². The van der Waals surface area contributed by atoms with Crippen molar-refractivity contribution in [3.05, 3.63) is 118 Å². The van der Waals surface area contributed by atoms with Crippen LogP contribution in [0.3, 0.4) is 0 Å². The highest BCUT2D eigenvalue weighted by Gasteiger charge is 2.44. The molecule has 1 aliphatic heterocycles. The topological polar surface area (TPSA) is 246 Å². The molecule has 3 aromatic heterocycles. The van der Waals surface area contributed by atoms with Crippen molar-refractivity contribution in [1.29, 1.82) is 0 Å². The SMILES string of the molecule is CC(C)[C@H](N)C(=O)NC(CCCNC(N)=O)C(=O)Nc1ccc(COC(=O)N2CCN(C3=CCC(C)(n4c(=O)ccc5cnc6ccc(-c7ccc(N)nc7)cc6c54)C=C3C(F)(F)F)CC2)cc1. The number of carbonyl (C=O) groups is 4. The summed E-state index contributed by atoms with van der Waals surface area (Å²) in [4.78, 5) is 75.8. The van der Waals surface area contributed by atoms with Crippen LogP contribution in [0.2, 0.25) is 0 Å². The predicted octanol–water partition coefficient (Wildman–Crippen LogP) is 5.49. The van der Waals surface area contributed by atoms with Crippen molar-refractivity contribution in [2.45, 2.75) is 70.4 Å². The summed E-state index contributed by atoms with van der Waals surface area (Å²) < 4.78 is 52.3. The Bertz CT molecular complexity index is 2820. The van der Waals surface area contributed by atoms with Gasteiger partial charge in [-0.1, -0.05) is 38.1 Å². The van der Waals surface area contributed by atoms with Crippen molar-refractivity contribution in [1.82, 2.24) is 35.0 Å². The van der Waals surface area contributed by atoms with Crippen LogP contribution in [0.15, 0.2) is 107 Å². The fourth-order valence-corrected chi connectivity index (χ4v) is 8.35. The zero-order chi connectivity index (χ0) is 48.9. The molecular weight excluding hydrogens is 884 g/mol. The maximum Gasteiger partial charge on any atom is 0.418 e. The van der Waals surface area contributed by atoms with Crippen LogP contribution in [-0.2, 0) is 26.5 Å². The second kappa shape index (κ2) is 20.2. The Labute approximate surface area is 389 Å². The Morgan fingerprint density at radius 1 is 0.912 bits per heavy atom. The van der Waals surface area contributed by atoms with E-state index in [4.69, 9.17) is 21.9 Å². The number of allylic oxidation sites excluding steroid dienone is 3. The van der Waals surface area contributed by atoms with E-state index in [1.54, 1.807) is 80.5 Å². The molecule has 2 unspecified atom stereocenters. The van der Waals surface area contributed by atoms with E-state index in [0.29, 0.717) is 45.3 Å². The number of amides is 5. The van der Waals surface area contributed by atoms with E-state index in [1.165, 1.54) is 21.6 Å². The number of urea groups is 1. The van der Waals surface area contributed by atoms with Crippen molar-refractivity contribution < 1.29 is 37.1 Å². The molecule has 2 aliphatic rings. The van der Waals surface area contributed by atoms with Gasteiger partial charge in [-0.15, -0.1) is 0 Å². The maximum atomic E-state index is 15.1. The number of nitrogens with zero attached hydrogens (tertiary/aromatic N) is 5. The largest absolute Gasteiger partial charge is 0.445 e. The summed E-state index contributed by atoms with van der Waals surface area (Å²) in [5.74, 6) is -0.816. The quantitative estimate of drug-likeness (QED) is 0.0600. The van der Waals surface area contributed by atoms with E-state index >= 15 is 13.2 Å². The number of pyridine rings is 3. The molecule has 3 atom stereocenters. The van der Waals surface area contributed by atoms with E-state index < -0.39 is 58.9 Å². The third-order valence-electron chi connectivity index (χ3n) is 12.2. The standard InChI is InChI=1S/C48H54F3N11O6/c1-28(2)41(53)44(65)59-37(5-4-18-55-45(54)66)43(64)58-33-11-6-29(7-12-33)27-68-46(67)61-21-19-60(20-22-61)38-16-17-47(3,24-35(38)48(49,50)51)62-40(63)15-10-32-26-56-36-13-8-30(23-34(36)42(32)62)31-9-14-39(52)57-25-31/h6-16,23-26,28,37,41H,4-5,17-22,27,53H2,1-3H3,(H2,52,57)(H,58,64)(H,59,65)(H3,54,55,66)/t37?,41-,47?/m0/s1. The number of rotatable bonds is 14. The Morgan fingerprint density at radius 2 is 1.63 bits per heavy atom. The lowest BCUT2D eigenvalue weighted by atomic mass is 9.86. The lowest BCUT2D eigenvalue weighted by molar-refractivity contribution is -0.128. The molecule has 0 radical (unpaired) electrons. The van der Waals surface area contributed by atoms with Gasteiger partial charge in [0.15, 0.2) is 0 Å². The van der Waals surface area contributed by atoms with Crippen molar-refractivity contribution in [2.24, 2.45) is 17.4 Å². The Morgan fingerprint density at radius 3 is 2.29 bits per heavy atom. The molecule has 1 saturated heterocycles. The van der Waals surface area contributed by atoms with Gasteiger partial charge in [0.05, 0.1) is 28.2 Å². The number of primary amides is 1. The number of halogens is 3. The van der Waals surface area contributed by atoms with Gasteiger partial charge in [-0.05, 0) is 91.8 Å². The predicted molar refractivity (Wildman–Crippen MR) is 252 cm³/mol. The summed E-state index contributed by atoms with van der Waals surface area (Å²) in [6.07, 6.45) is 1.07. The lowest BCUT2D eigenvalue weighted by Gasteiger charge is -2.41. The number of anilines is 2. The van der Waals surface area contributed by atoms with Gasteiger partial charge >= 0.3 is 18.3 Å². The van der Waals surface area contributed by atoms with Crippen LogP contribution in [0.25, 0.3) is 32.9 Å². The third-order valence-corrected chi connectivity index (χ3v) is 12.2. The van der Waals surface area contributed by atoms with E-state index in [0.717, 1.165) is 17.2 Å². The second-order valence-electron chi connectivity index (χ2n) is 17.5. The van der Waals surface area contributed by atoms with Crippen LogP contribution < -0.4 is 38.7 Å². The van der Waals surface area contributed by atoms with Gasteiger partial charge in [0, 0.05) is 78.9 Å². The summed E-state index contributed by atoms with van der Waals surface area (Å²) in [6.45, 7) is 5.64. The summed E-state index contributed by atoms with van der Waals surface area (Å²) in [5, 5.41) is 9.06. The average molecular weight is 938 g/mol. The molecule has 0 spiro atoms. The van der Waals surface area contributed by atoms with E-state index in [-0.39, 0.29) is 63.8 Å². The summed E-state index contributed by atoms with van der Waals surface area (Å²) >= 11 is 0. The van der Waals surface area contributed by atoms with Gasteiger partial charge in [-0.25, -0.2) is 14.6 Å². The molecule has 1 aliphatic carbocycles. The van der Waals surface area contributed by atoms with Crippen molar-refractivity contribution in [2.75, 3.05) is 43.8 Å². The average Bonchev–Trinajstić information content (AvgIpc) is 3.31. The first-order chi connectivity index (χ1) is 32.3. The van der Waals surface area contributed by atoms with Crippen LogP contribution in [0.5, 0.6) is 0 Å². The number of carbonyl (C=O) groups excluding carboxylic acids is 4. The number of piperazine rings is 1.